The van der Waals surface area contributed by atoms with Crippen LogP contribution in [-0.4, -0.2) is 5.11 Å². The molecule has 0 aliphatic carbocycles. The molecule has 1 nitrogen and oxygen atoms in total. The summed E-state index contributed by atoms with van der Waals surface area (Å²) in [5.41, 5.74) is 0. The van der Waals surface area contributed by atoms with Crippen molar-refractivity contribution in [3.63, 3.8) is 0 Å². The SMILES string of the molecule is C=CCC/C(O)=C\C. The van der Waals surface area contributed by atoms with Gasteiger partial charge in [0.2, 0.25) is 0 Å². The van der Waals surface area contributed by atoms with E-state index in [1.807, 2.05) is 6.92 Å². The van der Waals surface area contributed by atoms with Gasteiger partial charge in [-0.05, 0) is 19.4 Å². The molecule has 0 radical (unpaired) electrons. The minimum Gasteiger partial charge on any atom is -0.513 e. The second kappa shape index (κ2) is 4.44. The molecule has 0 rings (SSSR count). The average Bonchev–Trinajstić information content (AvgIpc) is 1.83. The van der Waals surface area contributed by atoms with E-state index >= 15 is 0 Å². The average molecular weight is 112 g/mol. The maximum atomic E-state index is 8.80. The molecule has 0 aliphatic heterocycles. The van der Waals surface area contributed by atoms with Crippen LogP contribution < -0.4 is 0 Å². The van der Waals surface area contributed by atoms with Gasteiger partial charge in [-0.25, -0.2) is 0 Å². The fourth-order valence-corrected chi connectivity index (χ4v) is 0.394. The van der Waals surface area contributed by atoms with Gasteiger partial charge in [0.15, 0.2) is 0 Å². The molecule has 0 saturated carbocycles. The Hall–Kier alpha value is -0.720. The van der Waals surface area contributed by atoms with Crippen molar-refractivity contribution >= 4 is 0 Å². The van der Waals surface area contributed by atoms with E-state index in [4.69, 9.17) is 5.11 Å². The van der Waals surface area contributed by atoms with E-state index in [-0.39, 0.29) is 0 Å². The van der Waals surface area contributed by atoms with Gasteiger partial charge in [-0.1, -0.05) is 6.08 Å². The van der Waals surface area contributed by atoms with Gasteiger partial charge in [0, 0.05) is 6.42 Å². The van der Waals surface area contributed by atoms with Crippen molar-refractivity contribution in [2.24, 2.45) is 0 Å². The minimum absolute atomic E-state index is 0.449. The van der Waals surface area contributed by atoms with E-state index in [1.54, 1.807) is 12.2 Å². The molecular formula is C7H12O. The van der Waals surface area contributed by atoms with Crippen molar-refractivity contribution in [3.05, 3.63) is 24.5 Å². The van der Waals surface area contributed by atoms with E-state index < -0.39 is 0 Å². The first-order chi connectivity index (χ1) is 3.81. The summed E-state index contributed by atoms with van der Waals surface area (Å²) in [5, 5.41) is 8.80. The quantitative estimate of drug-likeness (QED) is 0.439. The summed E-state index contributed by atoms with van der Waals surface area (Å²) < 4.78 is 0. The van der Waals surface area contributed by atoms with Gasteiger partial charge in [0.05, 0.1) is 5.76 Å². The van der Waals surface area contributed by atoms with Gasteiger partial charge < -0.3 is 5.11 Å². The summed E-state index contributed by atoms with van der Waals surface area (Å²) in [6.07, 6.45) is 5.07. The first kappa shape index (κ1) is 7.28. The molecule has 0 heterocycles. The van der Waals surface area contributed by atoms with Crippen molar-refractivity contribution < 1.29 is 5.11 Å². The second-order valence-electron chi connectivity index (χ2n) is 1.61. The lowest BCUT2D eigenvalue weighted by Crippen LogP contribution is -1.76. The Labute approximate surface area is 50.3 Å². The lowest BCUT2D eigenvalue weighted by Gasteiger charge is -1.91. The molecule has 0 saturated heterocycles. The normalized spacial score (nSPS) is 11.4. The van der Waals surface area contributed by atoms with Crippen LogP contribution in [0.1, 0.15) is 19.8 Å². The Morgan fingerprint density at radius 3 is 2.75 bits per heavy atom. The lowest BCUT2D eigenvalue weighted by atomic mass is 10.2. The molecule has 0 amide bonds. The molecule has 0 aromatic heterocycles. The third-order valence-electron chi connectivity index (χ3n) is 0.938. The zero-order chi connectivity index (χ0) is 6.41. The molecule has 0 aromatic rings. The van der Waals surface area contributed by atoms with Gasteiger partial charge in [-0.2, -0.15) is 0 Å². The van der Waals surface area contributed by atoms with Gasteiger partial charge in [-0.3, -0.25) is 0 Å². The number of hydrogen-bond donors (Lipinski definition) is 1. The smallest absolute Gasteiger partial charge is 0.0883 e. The highest BCUT2D eigenvalue weighted by Crippen LogP contribution is 1.99. The molecule has 46 valence electrons. The van der Waals surface area contributed by atoms with E-state index in [9.17, 15) is 0 Å². The van der Waals surface area contributed by atoms with Crippen LogP contribution in [0.15, 0.2) is 24.5 Å². The topological polar surface area (TPSA) is 20.2 Å². The summed E-state index contributed by atoms with van der Waals surface area (Å²) >= 11 is 0. The van der Waals surface area contributed by atoms with Crippen LogP contribution in [0.4, 0.5) is 0 Å². The maximum Gasteiger partial charge on any atom is 0.0883 e. The zero-order valence-corrected chi connectivity index (χ0v) is 5.22. The predicted octanol–water partition coefficient (Wildman–Crippen LogP) is 2.41. The van der Waals surface area contributed by atoms with Crippen LogP contribution in [0.3, 0.4) is 0 Å². The highest BCUT2D eigenvalue weighted by atomic mass is 16.3. The van der Waals surface area contributed by atoms with Gasteiger partial charge in [0.1, 0.15) is 0 Å². The maximum absolute atomic E-state index is 8.80. The fourth-order valence-electron chi connectivity index (χ4n) is 0.394. The Morgan fingerprint density at radius 2 is 2.38 bits per heavy atom. The van der Waals surface area contributed by atoms with E-state index in [1.165, 1.54) is 0 Å². The fraction of sp³-hybridized carbons (Fsp3) is 0.429. The van der Waals surface area contributed by atoms with Crippen molar-refractivity contribution in [2.75, 3.05) is 0 Å². The van der Waals surface area contributed by atoms with Crippen molar-refractivity contribution in [2.45, 2.75) is 19.8 Å². The minimum atomic E-state index is 0.449. The number of aliphatic hydroxyl groups is 1. The zero-order valence-electron chi connectivity index (χ0n) is 5.22. The Bertz CT molecular complexity index is 92.6. The molecule has 0 aromatic carbocycles. The molecule has 0 bridgehead atoms. The van der Waals surface area contributed by atoms with Crippen molar-refractivity contribution in [3.8, 4) is 0 Å². The van der Waals surface area contributed by atoms with Crippen LogP contribution in [0.5, 0.6) is 0 Å². The van der Waals surface area contributed by atoms with Gasteiger partial charge >= 0.3 is 0 Å². The third-order valence-corrected chi connectivity index (χ3v) is 0.938. The molecule has 0 aliphatic rings. The van der Waals surface area contributed by atoms with E-state index in [0.29, 0.717) is 5.76 Å². The lowest BCUT2D eigenvalue weighted by molar-refractivity contribution is 0.388. The summed E-state index contributed by atoms with van der Waals surface area (Å²) in [6.45, 7) is 5.35. The molecule has 0 spiro atoms. The molecular weight excluding hydrogens is 100 g/mol. The molecule has 0 fully saturated rings. The first-order valence-electron chi connectivity index (χ1n) is 2.76. The highest BCUT2D eigenvalue weighted by Gasteiger charge is 1.84. The van der Waals surface area contributed by atoms with Crippen LogP contribution in [0.2, 0.25) is 0 Å². The second-order valence-corrected chi connectivity index (χ2v) is 1.61. The first-order valence-corrected chi connectivity index (χ1v) is 2.76. The summed E-state index contributed by atoms with van der Waals surface area (Å²) in [4.78, 5) is 0. The van der Waals surface area contributed by atoms with Gasteiger partial charge in [-0.15, -0.1) is 6.58 Å². The van der Waals surface area contributed by atoms with Crippen LogP contribution in [-0.2, 0) is 0 Å². The number of aliphatic hydroxyl groups excluding tert-OH is 1. The molecule has 8 heavy (non-hydrogen) atoms. The van der Waals surface area contributed by atoms with Gasteiger partial charge in [0.25, 0.3) is 0 Å². The largest absolute Gasteiger partial charge is 0.513 e. The van der Waals surface area contributed by atoms with Crippen molar-refractivity contribution in [1.29, 1.82) is 0 Å². The number of allylic oxidation sites excluding steroid dienone is 3. The highest BCUT2D eigenvalue weighted by molar-refractivity contribution is 4.89. The molecule has 0 atom stereocenters. The molecule has 1 N–H and O–H groups in total. The van der Waals surface area contributed by atoms with E-state index in [0.717, 1.165) is 12.8 Å². The molecule has 0 unspecified atom stereocenters. The monoisotopic (exact) mass is 112 g/mol. The summed E-state index contributed by atoms with van der Waals surface area (Å²) in [7, 11) is 0. The Balaban J connectivity index is 3.24. The van der Waals surface area contributed by atoms with E-state index in [2.05, 4.69) is 6.58 Å². The Morgan fingerprint density at radius 1 is 1.75 bits per heavy atom. The van der Waals surface area contributed by atoms with Crippen LogP contribution in [0, 0.1) is 0 Å². The van der Waals surface area contributed by atoms with Crippen molar-refractivity contribution in [1.82, 2.24) is 0 Å². The summed E-state index contributed by atoms with van der Waals surface area (Å²) in [6, 6.07) is 0. The summed E-state index contributed by atoms with van der Waals surface area (Å²) in [5.74, 6) is 0.449. The Kier molecular flexibility index (Phi) is 4.04. The molecule has 1 heteroatoms. The third kappa shape index (κ3) is 3.47. The van der Waals surface area contributed by atoms with Crippen LogP contribution in [0.25, 0.3) is 0 Å². The number of hydrogen-bond acceptors (Lipinski definition) is 1. The van der Waals surface area contributed by atoms with Crippen LogP contribution >= 0.6 is 0 Å². The predicted molar refractivity (Wildman–Crippen MR) is 35.8 cm³/mol. The number of rotatable bonds is 3. The standard InChI is InChI=1S/C7H12O/c1-3-5-6-7(8)4-2/h3-4,8H,1,5-6H2,2H3/b7-4+.